The van der Waals surface area contributed by atoms with Crippen LogP contribution in [0.25, 0.3) is 30.6 Å². The van der Waals surface area contributed by atoms with Crippen molar-refractivity contribution in [1.29, 1.82) is 0 Å². The summed E-state index contributed by atoms with van der Waals surface area (Å²) in [6.07, 6.45) is 1.51. The van der Waals surface area contributed by atoms with Gasteiger partial charge in [0.2, 0.25) is 20.0 Å². The van der Waals surface area contributed by atoms with Crippen molar-refractivity contribution in [2.45, 2.75) is 60.6 Å². The molecule has 7 aromatic carbocycles. The van der Waals surface area contributed by atoms with Crippen LogP contribution in [0.3, 0.4) is 0 Å². The number of pyridine rings is 1. The van der Waals surface area contributed by atoms with Crippen molar-refractivity contribution in [3.05, 3.63) is 203 Å². The number of carbonyl (C=O) groups is 3. The van der Waals surface area contributed by atoms with Crippen molar-refractivity contribution in [3.8, 4) is 0 Å². The van der Waals surface area contributed by atoms with Crippen LogP contribution in [-0.2, 0) is 51.0 Å². The molecule has 3 aliphatic rings. The number of fused-ring (bicyclic) bond motifs is 9. The number of nitrogens with one attached hydrogen (secondary N) is 9. The number of rotatable bonds is 18. The van der Waals surface area contributed by atoms with E-state index in [1.807, 2.05) is 66.7 Å². The second-order valence-corrected chi connectivity index (χ2v) is 29.5. The highest BCUT2D eigenvalue weighted by molar-refractivity contribution is 7.92. The largest absolute Gasteiger partial charge is 0.396 e. The predicted molar refractivity (Wildman–Crippen MR) is 361 cm³/mol. The maximum Gasteiger partial charge on any atom is 0.263 e. The molecule has 3 aliphatic heterocycles. The molecule has 0 fully saturated rings. The van der Waals surface area contributed by atoms with Crippen molar-refractivity contribution in [1.82, 2.24) is 29.4 Å². The molecule has 3 unspecified atom stereocenters. The van der Waals surface area contributed by atoms with E-state index >= 15 is 0 Å². The van der Waals surface area contributed by atoms with Gasteiger partial charge >= 0.3 is 0 Å². The number of amides is 3. The Morgan fingerprint density at radius 3 is 1.23 bits per heavy atom. The lowest BCUT2D eigenvalue weighted by molar-refractivity contribution is -0.117. The number of anilines is 7. The number of hydrogen-bond donors (Lipinski definition) is 10. The van der Waals surface area contributed by atoms with Gasteiger partial charge in [-0.2, -0.15) is 0 Å². The molecule has 11 aromatic rings. The lowest BCUT2D eigenvalue weighted by Crippen LogP contribution is -2.36. The van der Waals surface area contributed by atoms with E-state index in [-0.39, 0.29) is 65.3 Å². The van der Waals surface area contributed by atoms with Gasteiger partial charge in [0.05, 0.1) is 61.9 Å². The molecule has 0 saturated heterocycles. The van der Waals surface area contributed by atoms with Gasteiger partial charge in [-0.15, -0.1) is 34.0 Å². The fraction of sp³-hybridized carbons (Fsp3) is 0.159. The molecular weight excluding hydrogens is 1290 g/mol. The van der Waals surface area contributed by atoms with Crippen molar-refractivity contribution in [2.75, 3.05) is 49.8 Å². The number of hydrogen-bond acceptors (Lipinski definition) is 20. The zero-order valence-corrected chi connectivity index (χ0v) is 52.9. The lowest BCUT2D eigenvalue weighted by atomic mass is 9.96. The average molecular weight is 1350 g/mol. The lowest BCUT2D eigenvalue weighted by Gasteiger charge is -2.21. The van der Waals surface area contributed by atoms with E-state index < -0.39 is 53.6 Å². The first-order valence-electron chi connectivity index (χ1n) is 27.9. The van der Waals surface area contributed by atoms with Gasteiger partial charge in [-0.25, -0.2) is 54.6 Å². The minimum Gasteiger partial charge on any atom is -0.396 e. The van der Waals surface area contributed by atoms with Gasteiger partial charge in [-0.3, -0.25) is 19.1 Å². The SMILES string of the molecule is C.CC(C)(CO)CNS(=O)(=O)c1ccc(NC2C(=O)Nc3ccc4ncsc4c32)cc1.O=C1Nc2ccc3ncsc3c2C1Nc1ccc(S(=O)(=O)NCc2ccccc2)cc1.O=C1Nc2ccc3ncsc3c2C1Nc1ccc(S(=O)(=O)Nc2ccccn2)cc1. The summed E-state index contributed by atoms with van der Waals surface area (Å²) in [6.45, 7) is 3.75. The normalized spacial score (nSPS) is 15.7. The molecule has 29 heteroatoms. The van der Waals surface area contributed by atoms with Crippen LogP contribution in [0.2, 0.25) is 0 Å². The van der Waals surface area contributed by atoms with E-state index in [9.17, 15) is 44.7 Å². The molecule has 0 saturated carbocycles. The van der Waals surface area contributed by atoms with Crippen molar-refractivity contribution >= 4 is 152 Å². The molecule has 0 radical (unpaired) electrons. The van der Waals surface area contributed by atoms with Crippen LogP contribution < -0.4 is 46.1 Å². The summed E-state index contributed by atoms with van der Waals surface area (Å²) >= 11 is 4.44. The molecule has 14 rings (SSSR count). The number of benzene rings is 7. The molecular formula is C63H59N13O10S6. The molecule has 0 spiro atoms. The third kappa shape index (κ3) is 13.8. The van der Waals surface area contributed by atoms with E-state index in [0.717, 1.165) is 70.0 Å². The standard InChI is InChI=1S/C22H18N4O3S2.C20H15N5O3S2.C20H22N4O4S2.CH4/c27-22-20(19-17(26-22)10-11-18-21(19)30-13-23-18)25-15-6-8-16(9-7-15)31(28,29)24-12-14-4-2-1-3-5-14;26-20-18(17-14(24-20)8-9-15-19(17)29-11-22-15)23-12-4-6-13(7-5-12)30(27,28)25-16-3-1-2-10-21-16;1-20(2,10-25)9-22-30(27,28)13-5-3-12(4-6-13)23-17-16-14(24-19(17)26)7-8-15-18(16)29-11-21-15;/h1-11,13,20,24-25H,12H2,(H,26,27);1-11,18,23H,(H,21,25)(H,24,26);3-8,11,17,22-23,25H,9-10H2,1-2H3,(H,24,26);1H4. The number of carbonyl (C=O) groups excluding carboxylic acids is 3. The molecule has 0 bridgehead atoms. The predicted octanol–water partition coefficient (Wildman–Crippen LogP) is 10.8. The van der Waals surface area contributed by atoms with Gasteiger partial charge in [0.1, 0.15) is 23.9 Å². The Bertz CT molecular complexity index is 4900. The van der Waals surface area contributed by atoms with E-state index in [0.29, 0.717) is 17.1 Å². The Morgan fingerprint density at radius 2 is 0.848 bits per heavy atom. The van der Waals surface area contributed by atoms with Gasteiger partial charge in [0.25, 0.3) is 27.7 Å². The maximum absolute atomic E-state index is 12.6. The van der Waals surface area contributed by atoms with E-state index in [2.05, 4.69) is 66.0 Å². The highest BCUT2D eigenvalue weighted by Gasteiger charge is 2.36. The molecule has 7 heterocycles. The Hall–Kier alpha value is -9.30. The number of aliphatic hydroxyl groups is 1. The zero-order chi connectivity index (χ0) is 63.7. The molecule has 3 amide bonds. The highest BCUT2D eigenvalue weighted by Crippen LogP contribution is 2.43. The molecule has 4 aromatic heterocycles. The minimum atomic E-state index is -3.76. The van der Waals surface area contributed by atoms with Crippen molar-refractivity contribution < 1.29 is 44.7 Å². The van der Waals surface area contributed by atoms with Gasteiger partial charge in [0, 0.05) is 82.1 Å². The first-order valence-corrected chi connectivity index (χ1v) is 35.0. The molecule has 10 N–H and O–H groups in total. The topological polar surface area (TPSA) is 334 Å². The molecule has 472 valence electrons. The van der Waals surface area contributed by atoms with Crippen LogP contribution in [0, 0.1) is 5.41 Å². The van der Waals surface area contributed by atoms with Gasteiger partial charge in [-0.05, 0) is 127 Å². The van der Waals surface area contributed by atoms with Crippen LogP contribution in [0.1, 0.15) is 61.7 Å². The van der Waals surface area contributed by atoms with Crippen LogP contribution in [-0.4, -0.2) is 81.2 Å². The van der Waals surface area contributed by atoms with Crippen LogP contribution in [0.4, 0.5) is 39.9 Å². The quantitative estimate of drug-likeness (QED) is 0.0382. The van der Waals surface area contributed by atoms with Gasteiger partial charge in [-0.1, -0.05) is 57.7 Å². The number of aromatic nitrogens is 4. The Morgan fingerprint density at radius 1 is 0.467 bits per heavy atom. The molecule has 0 aliphatic carbocycles. The summed E-state index contributed by atoms with van der Waals surface area (Å²) in [5.74, 6) is -0.250. The monoisotopic (exact) mass is 1350 g/mol. The fourth-order valence-electron chi connectivity index (χ4n) is 10.1. The number of nitrogens with zero attached hydrogens (tertiary/aromatic N) is 4. The Balaban J connectivity index is 0.000000141. The highest BCUT2D eigenvalue weighted by atomic mass is 32.2. The third-order valence-corrected chi connectivity index (χ3v) is 21.7. The number of sulfonamides is 3. The smallest absolute Gasteiger partial charge is 0.263 e. The summed E-state index contributed by atoms with van der Waals surface area (Å²) in [4.78, 5) is 54.9. The Labute approximate surface area is 541 Å². The summed E-state index contributed by atoms with van der Waals surface area (Å²) < 4.78 is 85.7. The summed E-state index contributed by atoms with van der Waals surface area (Å²) in [7, 11) is -11.1. The second kappa shape index (κ2) is 26.5. The van der Waals surface area contributed by atoms with Crippen molar-refractivity contribution in [3.63, 3.8) is 0 Å². The second-order valence-electron chi connectivity index (χ2n) is 21.7. The number of aliphatic hydroxyl groups excluding tert-OH is 1. The van der Waals surface area contributed by atoms with Crippen LogP contribution in [0.15, 0.2) is 195 Å². The van der Waals surface area contributed by atoms with E-state index in [1.165, 1.54) is 76.6 Å². The third-order valence-electron chi connectivity index (χ3n) is 14.8. The van der Waals surface area contributed by atoms with Crippen LogP contribution >= 0.6 is 34.0 Å². The van der Waals surface area contributed by atoms with Gasteiger partial charge < -0.3 is 37.0 Å². The Kier molecular flexibility index (Phi) is 18.5. The van der Waals surface area contributed by atoms with Crippen molar-refractivity contribution in [2.24, 2.45) is 5.41 Å². The number of thiazole rings is 3. The molecule has 3 atom stereocenters. The van der Waals surface area contributed by atoms with Gasteiger partial charge in [0.15, 0.2) is 0 Å². The zero-order valence-electron chi connectivity index (χ0n) is 48.0. The first-order chi connectivity index (χ1) is 43.7. The first kappa shape index (κ1) is 64.2. The van der Waals surface area contributed by atoms with E-state index in [1.54, 1.807) is 85.0 Å². The average Bonchev–Trinajstić information content (AvgIpc) is 1.84. The van der Waals surface area contributed by atoms with Crippen LogP contribution in [0.5, 0.6) is 0 Å². The summed E-state index contributed by atoms with van der Waals surface area (Å²) in [5, 5.41) is 27.5. The minimum absolute atomic E-state index is 0. The molecule has 92 heavy (non-hydrogen) atoms. The summed E-state index contributed by atoms with van der Waals surface area (Å²) in [6, 6.07) is 42.5. The fourth-order valence-corrected chi connectivity index (χ4v) is 15.9. The van der Waals surface area contributed by atoms with E-state index in [4.69, 9.17) is 0 Å². The maximum atomic E-state index is 12.6. The summed E-state index contributed by atoms with van der Waals surface area (Å²) in [5.41, 5.74) is 14.8. The molecule has 23 nitrogen and oxygen atoms in total.